The Morgan fingerprint density at radius 1 is 0.600 bits per heavy atom. The van der Waals surface area contributed by atoms with Gasteiger partial charge in [-0.2, -0.15) is 0 Å². The lowest BCUT2D eigenvalue weighted by Gasteiger charge is -0.148. The van der Waals surface area contributed by atoms with Gasteiger partial charge in [0.15, 0.2) is 17.4 Å². The van der Waals surface area contributed by atoms with Gasteiger partial charge in [-0.15, -0.1) is 37.2 Å². The molecule has 0 atom stereocenters. The highest BCUT2D eigenvalue weighted by Gasteiger charge is 0.187. The molecule has 0 aromatic rings. The lowest BCUT2D eigenvalue weighted by atomic mass is 27.0. The molecule has 0 aliphatic carbocycles. The van der Waals surface area contributed by atoms with Crippen molar-refractivity contribution in [1.29, 1.82) is 0 Å². The van der Waals surface area contributed by atoms with Crippen LogP contribution in [0.2, 0.25) is 0 Å². The van der Waals surface area contributed by atoms with Crippen molar-refractivity contribution < 1.29 is 0 Å². The summed E-state index contributed by atoms with van der Waals surface area (Å²) in [5, 5.41) is 0. The van der Waals surface area contributed by atoms with E-state index in [-0.39, 0.29) is 65.5 Å². The molecule has 0 aromatic heterocycles. The first-order chi connectivity index (χ1) is 0. The van der Waals surface area contributed by atoms with Crippen LogP contribution >= 0.6 is 37.2 Å². The van der Waals surface area contributed by atoms with Crippen molar-refractivity contribution in [3.05, 3.63) is 0 Å². The fourth-order valence-electron chi connectivity index (χ4n) is 0. The van der Waals surface area contributed by atoms with Crippen LogP contribution in [-0.2, 0) is 0 Å². The summed E-state index contributed by atoms with van der Waals surface area (Å²) in [4.78, 5) is 0. The van der Waals surface area contributed by atoms with Gasteiger partial charge in [-0.3, -0.25) is 0 Å². The summed E-state index contributed by atoms with van der Waals surface area (Å²) in [5.74, 6) is 0. The maximum atomic E-state index is 0. The van der Waals surface area contributed by atoms with Crippen molar-refractivity contribution in [2.45, 2.75) is 0 Å². The molecule has 0 aromatic carbocycles. The third kappa shape index (κ3) is 28.1. The van der Waals surface area contributed by atoms with E-state index in [9.17, 15) is 0 Å². The molecule has 0 fully saturated rings. The lowest BCUT2D eigenvalue weighted by Crippen LogP contribution is -0.382. The van der Waals surface area contributed by atoms with Crippen LogP contribution in [0.4, 0.5) is 0 Å². The number of hydrogen-bond acceptors (Lipinski definition) is 0. The second-order valence-electron chi connectivity index (χ2n) is 0. The molecular weight excluding hydrogens is 161 g/mol. The second-order valence-corrected chi connectivity index (χ2v) is 0. The molecule has 0 aliphatic rings. The van der Waals surface area contributed by atoms with Crippen LogP contribution in [0.15, 0.2) is 0 Å². The van der Waals surface area contributed by atoms with Crippen LogP contribution in [-0.4, -0.2) is 28.3 Å². The maximum absolute atomic E-state index is 0. The van der Waals surface area contributed by atoms with Gasteiger partial charge in [0.05, 0.1) is 0 Å². The predicted molar refractivity (Wildman–Crippen MR) is 43.0 cm³/mol. The molecule has 0 rings (SSSR count). The molecule has 5 heavy (non-hydrogen) atoms. The van der Waals surface area contributed by atoms with Crippen LogP contribution in [0.5, 0.6) is 0 Å². The maximum Gasteiger partial charge on any atom is 0.187 e. The molecule has 0 aliphatic heterocycles. The summed E-state index contributed by atoms with van der Waals surface area (Å²) < 4.78 is 0. The Morgan fingerprint density at radius 2 is 0.600 bits per heavy atom. The topological polar surface area (TPSA) is 0 Å². The second kappa shape index (κ2) is 45.7. The zero-order valence-electron chi connectivity index (χ0n) is 1.22. The smallest absolute Gasteiger partial charge is 0.147 e. The van der Waals surface area contributed by atoms with Crippen molar-refractivity contribution in [3.63, 3.8) is 0 Å². The van der Waals surface area contributed by atoms with Gasteiger partial charge >= 0.3 is 0 Å². The van der Waals surface area contributed by atoms with Gasteiger partial charge in [0, 0.05) is 0 Å². The molecule has 5 heteroatoms. The van der Waals surface area contributed by atoms with Gasteiger partial charge in [0.2, 0.25) is 0 Å². The fraction of sp³-hybridized carbons (Fsp3) is 0. The Kier molecular flexibility index (Phi) is 729. The molecular formula is H10AlCl3Si. The minimum atomic E-state index is 0. The van der Waals surface area contributed by atoms with E-state index in [1.807, 2.05) is 0 Å². The summed E-state index contributed by atoms with van der Waals surface area (Å²) in [5.41, 5.74) is 0. The highest BCUT2D eigenvalue weighted by Crippen LogP contribution is 0.692. The third-order valence-corrected chi connectivity index (χ3v) is 0. The molecule has 0 N–H and O–H groups in total. The molecule has 0 heterocycles. The average Bonchev–Trinajstić information content (AvgIpc) is 0. The molecule has 0 saturated heterocycles. The van der Waals surface area contributed by atoms with Gasteiger partial charge in [-0.1, -0.05) is 0 Å². The number of hydrogen-bond donors (Lipinski definition) is 0. The first kappa shape index (κ1) is 79.7. The van der Waals surface area contributed by atoms with Crippen molar-refractivity contribution in [2.75, 3.05) is 0 Å². The molecule has 0 spiro atoms. The van der Waals surface area contributed by atoms with E-state index in [4.69, 9.17) is 0 Å². The van der Waals surface area contributed by atoms with E-state index in [1.54, 1.807) is 0 Å². The predicted octanol–water partition coefficient (Wildman–Crippen LogP) is -1.37. The molecule has 0 bridgehead atoms. The van der Waals surface area contributed by atoms with Gasteiger partial charge in [0.1, 0.15) is 0 Å². The summed E-state index contributed by atoms with van der Waals surface area (Å²) in [6, 6.07) is 0. The van der Waals surface area contributed by atoms with Gasteiger partial charge in [-0.05, 0) is 11.0 Å². The molecule has 0 radical (unpaired) electrons. The summed E-state index contributed by atoms with van der Waals surface area (Å²) >= 11 is 0. The Labute approximate surface area is 65.5 Å². The molecule has 38 valence electrons. The Bertz CT molecular complexity index is 6.85. The minimum absolute atomic E-state index is 0. The summed E-state index contributed by atoms with van der Waals surface area (Å²) in [6.07, 6.45) is 0. The van der Waals surface area contributed by atoms with Crippen LogP contribution in [0, 0.1) is 0 Å². The van der Waals surface area contributed by atoms with Gasteiger partial charge in [0.25, 0.3) is 0 Å². The SMILES string of the molecule is Cl.Cl.Cl.[AlH3].[SiH4]. The van der Waals surface area contributed by atoms with Crippen LogP contribution < -0.4 is 0 Å². The van der Waals surface area contributed by atoms with Crippen LogP contribution in [0.1, 0.15) is 0 Å². The van der Waals surface area contributed by atoms with E-state index in [1.165, 1.54) is 0 Å². The fourth-order valence-corrected chi connectivity index (χ4v) is 0. The minimum Gasteiger partial charge on any atom is -0.147 e. The van der Waals surface area contributed by atoms with Crippen molar-refractivity contribution in [3.8, 4) is 0 Å². The first-order valence-corrected chi connectivity index (χ1v) is 0. The highest BCUT2D eigenvalue weighted by atomic mass is 35.5. The largest absolute Gasteiger partial charge is 0.187 e. The normalized spacial score (nSPS) is 0. The standard InChI is InChI=1S/Al.3ClH.H4Si.3H/h;3*1H;1H4;;;. The van der Waals surface area contributed by atoms with Crippen molar-refractivity contribution in [1.82, 2.24) is 0 Å². The van der Waals surface area contributed by atoms with E-state index in [0.29, 0.717) is 0 Å². The van der Waals surface area contributed by atoms with E-state index < -0.39 is 0 Å². The van der Waals surface area contributed by atoms with E-state index in [2.05, 4.69) is 0 Å². The number of rotatable bonds is 0. The molecule has 0 nitrogen and oxygen atoms in total. The monoisotopic (exact) mass is 170 g/mol. The highest BCUT2D eigenvalue weighted by molar-refractivity contribution is 5.86. The third-order valence-electron chi connectivity index (χ3n) is 0. The Hall–Kier alpha value is 1.62. The van der Waals surface area contributed by atoms with Crippen LogP contribution in [0.3, 0.4) is 0 Å². The summed E-state index contributed by atoms with van der Waals surface area (Å²) in [6.45, 7) is 0. The molecule has 0 unspecified atom stereocenters. The lowest BCUT2D eigenvalue weighted by molar-refractivity contribution is 5.75. The Morgan fingerprint density at radius 3 is 0.600 bits per heavy atom. The number of halogens is 3. The quantitative estimate of drug-likeness (QED) is 0.395. The van der Waals surface area contributed by atoms with Crippen molar-refractivity contribution in [2.24, 2.45) is 0 Å². The summed E-state index contributed by atoms with van der Waals surface area (Å²) in [7, 11) is 0. The molecule has 0 amide bonds. The first-order valence-electron chi connectivity index (χ1n) is 0. The van der Waals surface area contributed by atoms with Crippen LogP contribution in [0.25, 0.3) is 0 Å². The van der Waals surface area contributed by atoms with E-state index in [0.717, 1.165) is 0 Å². The Balaban J connectivity index is 0. The average molecular weight is 172 g/mol. The molecule has 0 saturated carbocycles. The van der Waals surface area contributed by atoms with Gasteiger partial charge in [-0.25, -0.2) is 0 Å². The van der Waals surface area contributed by atoms with E-state index >= 15 is 0 Å². The van der Waals surface area contributed by atoms with Crippen molar-refractivity contribution >= 4 is 65.5 Å². The zero-order valence-corrected chi connectivity index (χ0v) is 3.67. The van der Waals surface area contributed by atoms with Gasteiger partial charge < -0.3 is 0 Å². The zero-order chi connectivity index (χ0) is 0.